The Morgan fingerprint density at radius 1 is 1.23 bits per heavy atom. The van der Waals surface area contributed by atoms with Gasteiger partial charge in [0.25, 0.3) is 0 Å². The Hall–Kier alpha value is -1.91. The number of nitrogens with zero attached hydrogens (tertiary/aromatic N) is 1. The quantitative estimate of drug-likeness (QED) is 0.883. The van der Waals surface area contributed by atoms with Crippen LogP contribution in [0.4, 0.5) is 0 Å². The van der Waals surface area contributed by atoms with Crippen LogP contribution in [0, 0.1) is 0 Å². The molecule has 3 rings (SSSR count). The monoisotopic (exact) mass is 298 g/mol. The lowest BCUT2D eigenvalue weighted by Gasteiger charge is -2.21. The summed E-state index contributed by atoms with van der Waals surface area (Å²) in [6.45, 7) is 1.33. The van der Waals surface area contributed by atoms with Gasteiger partial charge in [-0.05, 0) is 42.1 Å². The third-order valence-corrected chi connectivity index (χ3v) is 4.48. The minimum atomic E-state index is -0.435. The normalized spacial score (nSPS) is 22.2. The number of nitrogens with two attached hydrogens (primary N) is 1. The zero-order valence-corrected chi connectivity index (χ0v) is 12.6. The van der Waals surface area contributed by atoms with Crippen molar-refractivity contribution in [2.75, 3.05) is 13.1 Å². The molecule has 0 bridgehead atoms. The van der Waals surface area contributed by atoms with Crippen molar-refractivity contribution in [3.8, 4) is 0 Å². The Morgan fingerprint density at radius 3 is 2.82 bits per heavy atom. The second-order valence-electron chi connectivity index (χ2n) is 6.04. The summed E-state index contributed by atoms with van der Waals surface area (Å²) in [6, 6.07) is 14.4. The SMILES string of the molecule is NC(=O)[C@H]1C[C@@H](O)CN1CCCc1cccc2ccccc12. The fraction of sp³-hybridized carbons (Fsp3) is 0.389. The molecule has 4 nitrogen and oxygen atoms in total. The summed E-state index contributed by atoms with van der Waals surface area (Å²) in [6.07, 6.45) is 1.93. The molecule has 1 aliphatic heterocycles. The molecule has 0 aromatic heterocycles. The predicted molar refractivity (Wildman–Crippen MR) is 87.4 cm³/mol. The van der Waals surface area contributed by atoms with Gasteiger partial charge in [-0.2, -0.15) is 0 Å². The maximum absolute atomic E-state index is 11.4. The van der Waals surface area contributed by atoms with Gasteiger partial charge >= 0.3 is 0 Å². The van der Waals surface area contributed by atoms with Gasteiger partial charge in [0.2, 0.25) is 5.91 Å². The molecule has 3 N–H and O–H groups in total. The summed E-state index contributed by atoms with van der Waals surface area (Å²) >= 11 is 0. The van der Waals surface area contributed by atoms with Crippen molar-refractivity contribution in [3.05, 3.63) is 48.0 Å². The van der Waals surface area contributed by atoms with Gasteiger partial charge in [-0.25, -0.2) is 0 Å². The molecule has 0 aliphatic carbocycles. The van der Waals surface area contributed by atoms with Crippen LogP contribution in [0.15, 0.2) is 42.5 Å². The third kappa shape index (κ3) is 3.13. The van der Waals surface area contributed by atoms with Crippen molar-refractivity contribution in [2.24, 2.45) is 5.73 Å². The molecule has 1 heterocycles. The Kier molecular flexibility index (Phi) is 4.41. The topological polar surface area (TPSA) is 66.6 Å². The molecule has 2 aromatic rings. The Bertz CT molecular complexity index is 666. The average Bonchev–Trinajstić information content (AvgIpc) is 2.89. The van der Waals surface area contributed by atoms with Crippen LogP contribution in [0.25, 0.3) is 10.8 Å². The first-order valence-corrected chi connectivity index (χ1v) is 7.83. The van der Waals surface area contributed by atoms with Gasteiger partial charge in [-0.3, -0.25) is 9.69 Å². The van der Waals surface area contributed by atoms with Crippen LogP contribution in [0.5, 0.6) is 0 Å². The van der Waals surface area contributed by atoms with Gasteiger partial charge in [0.1, 0.15) is 0 Å². The van der Waals surface area contributed by atoms with Crippen LogP contribution >= 0.6 is 0 Å². The molecule has 0 spiro atoms. The Morgan fingerprint density at radius 2 is 2.00 bits per heavy atom. The van der Waals surface area contributed by atoms with Gasteiger partial charge < -0.3 is 10.8 Å². The van der Waals surface area contributed by atoms with E-state index in [4.69, 9.17) is 5.73 Å². The summed E-state index contributed by atoms with van der Waals surface area (Å²) in [5.74, 6) is -0.332. The van der Waals surface area contributed by atoms with Crippen molar-refractivity contribution in [2.45, 2.75) is 31.4 Å². The summed E-state index contributed by atoms with van der Waals surface area (Å²) in [5, 5.41) is 12.3. The van der Waals surface area contributed by atoms with Crippen molar-refractivity contribution in [1.29, 1.82) is 0 Å². The number of carbonyl (C=O) groups is 1. The third-order valence-electron chi connectivity index (χ3n) is 4.48. The number of primary amides is 1. The predicted octanol–water partition coefficient (Wildman–Crippen LogP) is 1.69. The van der Waals surface area contributed by atoms with E-state index in [9.17, 15) is 9.90 Å². The largest absolute Gasteiger partial charge is 0.392 e. The number of aliphatic hydroxyl groups is 1. The standard InChI is InChI=1S/C18H22N2O2/c19-18(22)17-11-15(21)12-20(17)10-4-8-14-7-3-6-13-5-1-2-9-16(13)14/h1-3,5-7,9,15,17,21H,4,8,10-12H2,(H2,19,22)/t15-,17-/m1/s1. The van der Waals surface area contributed by atoms with Crippen molar-refractivity contribution < 1.29 is 9.90 Å². The number of aliphatic hydroxyl groups excluding tert-OH is 1. The van der Waals surface area contributed by atoms with E-state index in [0.29, 0.717) is 13.0 Å². The number of rotatable bonds is 5. The average molecular weight is 298 g/mol. The Balaban J connectivity index is 1.64. The van der Waals surface area contributed by atoms with Crippen LogP contribution in [0.1, 0.15) is 18.4 Å². The van der Waals surface area contributed by atoms with Crippen molar-refractivity contribution in [3.63, 3.8) is 0 Å². The van der Waals surface area contributed by atoms with Crippen LogP contribution in [0.2, 0.25) is 0 Å². The highest BCUT2D eigenvalue weighted by Gasteiger charge is 2.33. The van der Waals surface area contributed by atoms with E-state index >= 15 is 0 Å². The molecular formula is C18H22N2O2. The maximum Gasteiger partial charge on any atom is 0.234 e. The molecule has 1 fully saturated rings. The zero-order valence-electron chi connectivity index (χ0n) is 12.6. The Labute approximate surface area is 130 Å². The zero-order chi connectivity index (χ0) is 15.5. The first-order chi connectivity index (χ1) is 10.6. The fourth-order valence-electron chi connectivity index (χ4n) is 3.41. The minimum Gasteiger partial charge on any atom is -0.392 e. The lowest BCUT2D eigenvalue weighted by atomic mass is 10.0. The first-order valence-electron chi connectivity index (χ1n) is 7.83. The maximum atomic E-state index is 11.4. The number of fused-ring (bicyclic) bond motifs is 1. The van der Waals surface area contributed by atoms with E-state index in [1.807, 2.05) is 4.90 Å². The number of aryl methyl sites for hydroxylation is 1. The van der Waals surface area contributed by atoms with Crippen LogP contribution in [-0.4, -0.2) is 41.1 Å². The van der Waals surface area contributed by atoms with Crippen molar-refractivity contribution >= 4 is 16.7 Å². The molecule has 2 aromatic carbocycles. The molecule has 0 saturated carbocycles. The van der Waals surface area contributed by atoms with Gasteiger partial charge in [0, 0.05) is 6.54 Å². The van der Waals surface area contributed by atoms with Crippen molar-refractivity contribution in [1.82, 2.24) is 4.90 Å². The smallest absolute Gasteiger partial charge is 0.234 e. The van der Waals surface area contributed by atoms with Gasteiger partial charge in [-0.1, -0.05) is 42.5 Å². The molecule has 116 valence electrons. The number of amides is 1. The molecule has 0 radical (unpaired) electrons. The van der Waals surface area contributed by atoms with E-state index in [1.165, 1.54) is 16.3 Å². The van der Waals surface area contributed by atoms with E-state index in [-0.39, 0.29) is 11.9 Å². The highest BCUT2D eigenvalue weighted by molar-refractivity contribution is 5.85. The van der Waals surface area contributed by atoms with Gasteiger partial charge in [-0.15, -0.1) is 0 Å². The summed E-state index contributed by atoms with van der Waals surface area (Å²) in [7, 11) is 0. The van der Waals surface area contributed by atoms with Crippen LogP contribution in [-0.2, 0) is 11.2 Å². The lowest BCUT2D eigenvalue weighted by molar-refractivity contribution is -0.122. The van der Waals surface area contributed by atoms with Gasteiger partial charge in [0.05, 0.1) is 12.1 Å². The number of hydrogen-bond acceptors (Lipinski definition) is 3. The molecule has 1 amide bonds. The second-order valence-corrected chi connectivity index (χ2v) is 6.04. The van der Waals surface area contributed by atoms with E-state index in [1.54, 1.807) is 0 Å². The fourth-order valence-corrected chi connectivity index (χ4v) is 3.41. The van der Waals surface area contributed by atoms with E-state index in [2.05, 4.69) is 42.5 Å². The number of carbonyl (C=O) groups excluding carboxylic acids is 1. The second kappa shape index (κ2) is 6.46. The molecule has 22 heavy (non-hydrogen) atoms. The highest BCUT2D eigenvalue weighted by atomic mass is 16.3. The summed E-state index contributed by atoms with van der Waals surface area (Å²) in [4.78, 5) is 13.4. The number of benzene rings is 2. The molecule has 4 heteroatoms. The first kappa shape index (κ1) is 15.0. The number of likely N-dealkylation sites (tertiary alicyclic amines) is 1. The molecular weight excluding hydrogens is 276 g/mol. The molecule has 1 saturated heterocycles. The number of β-amino-alcohol motifs (C(OH)–C–C–N with tert-alkyl or cyclic N) is 1. The summed E-state index contributed by atoms with van der Waals surface area (Å²) in [5.41, 5.74) is 6.74. The number of hydrogen-bond donors (Lipinski definition) is 2. The highest BCUT2D eigenvalue weighted by Crippen LogP contribution is 2.21. The molecule has 2 atom stereocenters. The van der Waals surface area contributed by atoms with E-state index < -0.39 is 6.10 Å². The van der Waals surface area contributed by atoms with Crippen LogP contribution in [0.3, 0.4) is 0 Å². The van der Waals surface area contributed by atoms with Gasteiger partial charge in [0.15, 0.2) is 0 Å². The molecule has 1 aliphatic rings. The molecule has 0 unspecified atom stereocenters. The summed E-state index contributed by atoms with van der Waals surface area (Å²) < 4.78 is 0. The minimum absolute atomic E-state index is 0.317. The lowest BCUT2D eigenvalue weighted by Crippen LogP contribution is -2.40. The van der Waals surface area contributed by atoms with E-state index in [0.717, 1.165) is 19.4 Å². The van der Waals surface area contributed by atoms with Crippen LogP contribution < -0.4 is 5.73 Å².